The molecule has 3 amide bonds. The molecule has 2 aliphatic rings. The molecule has 2 aromatic carbocycles. The SMILES string of the molecule is O=C(Nc1ccc(F)cc1)C(=O)Nc1cc2c3c(c1)CC(=O)N3CCC2. The molecule has 0 saturated heterocycles. The number of aryl methyl sites for hydroxylation is 1. The summed E-state index contributed by atoms with van der Waals surface area (Å²) in [7, 11) is 0. The van der Waals surface area contributed by atoms with Crippen LogP contribution in [0.5, 0.6) is 0 Å². The number of halogens is 1. The fourth-order valence-electron chi connectivity index (χ4n) is 3.46. The molecule has 0 aliphatic carbocycles. The van der Waals surface area contributed by atoms with Gasteiger partial charge in [0.05, 0.1) is 12.1 Å². The van der Waals surface area contributed by atoms with Gasteiger partial charge in [-0.2, -0.15) is 0 Å². The van der Waals surface area contributed by atoms with Gasteiger partial charge in [-0.1, -0.05) is 0 Å². The standard InChI is InChI=1S/C19H16FN3O3/c20-13-3-5-14(6-4-13)21-18(25)19(26)22-15-8-11-2-1-7-23-16(24)10-12(9-15)17(11)23/h3-6,8-9H,1-2,7,10H2,(H,21,25)(H,22,26). The molecule has 132 valence electrons. The van der Waals surface area contributed by atoms with Gasteiger partial charge in [-0.05, 0) is 60.4 Å². The minimum absolute atomic E-state index is 0.0680. The Kier molecular flexibility index (Phi) is 3.91. The molecule has 26 heavy (non-hydrogen) atoms. The Morgan fingerprint density at radius 1 is 0.962 bits per heavy atom. The summed E-state index contributed by atoms with van der Waals surface area (Å²) in [5, 5.41) is 4.99. The molecular formula is C19H16FN3O3. The summed E-state index contributed by atoms with van der Waals surface area (Å²) in [5.74, 6) is -2.02. The van der Waals surface area contributed by atoms with Crippen LogP contribution in [-0.4, -0.2) is 24.3 Å². The number of nitrogens with zero attached hydrogens (tertiary/aromatic N) is 1. The van der Waals surface area contributed by atoms with Crippen molar-refractivity contribution in [1.29, 1.82) is 0 Å². The van der Waals surface area contributed by atoms with Crippen molar-refractivity contribution in [2.45, 2.75) is 19.3 Å². The lowest BCUT2D eigenvalue weighted by atomic mass is 9.99. The third-order valence-electron chi connectivity index (χ3n) is 4.57. The zero-order chi connectivity index (χ0) is 18.3. The maximum atomic E-state index is 12.9. The third-order valence-corrected chi connectivity index (χ3v) is 4.57. The number of hydrogen-bond donors (Lipinski definition) is 2. The van der Waals surface area contributed by atoms with E-state index >= 15 is 0 Å². The molecule has 0 radical (unpaired) electrons. The molecule has 0 atom stereocenters. The lowest BCUT2D eigenvalue weighted by Crippen LogP contribution is -2.31. The number of rotatable bonds is 2. The summed E-state index contributed by atoms with van der Waals surface area (Å²) in [6.07, 6.45) is 2.02. The summed E-state index contributed by atoms with van der Waals surface area (Å²) >= 11 is 0. The van der Waals surface area contributed by atoms with E-state index in [9.17, 15) is 18.8 Å². The maximum absolute atomic E-state index is 12.9. The predicted molar refractivity (Wildman–Crippen MR) is 94.5 cm³/mol. The molecule has 0 bridgehead atoms. The molecule has 0 aromatic heterocycles. The zero-order valence-electron chi connectivity index (χ0n) is 13.8. The lowest BCUT2D eigenvalue weighted by molar-refractivity contribution is -0.132. The van der Waals surface area contributed by atoms with Gasteiger partial charge < -0.3 is 15.5 Å². The van der Waals surface area contributed by atoms with Gasteiger partial charge in [0.25, 0.3) is 0 Å². The molecular weight excluding hydrogens is 337 g/mol. The van der Waals surface area contributed by atoms with Crippen LogP contribution in [0.1, 0.15) is 17.5 Å². The van der Waals surface area contributed by atoms with E-state index < -0.39 is 17.6 Å². The van der Waals surface area contributed by atoms with Crippen LogP contribution in [0, 0.1) is 5.82 Å². The Labute approximate surface area is 149 Å². The van der Waals surface area contributed by atoms with Gasteiger partial charge in [0.1, 0.15) is 5.82 Å². The van der Waals surface area contributed by atoms with Crippen molar-refractivity contribution in [3.63, 3.8) is 0 Å². The molecule has 2 aliphatic heterocycles. The van der Waals surface area contributed by atoms with E-state index in [0.717, 1.165) is 36.2 Å². The van der Waals surface area contributed by atoms with Gasteiger partial charge in [0.15, 0.2) is 0 Å². The smallest absolute Gasteiger partial charge is 0.314 e. The van der Waals surface area contributed by atoms with E-state index in [-0.39, 0.29) is 5.91 Å². The Hall–Kier alpha value is -3.22. The number of amides is 3. The molecule has 0 saturated carbocycles. The van der Waals surface area contributed by atoms with Crippen molar-refractivity contribution in [1.82, 2.24) is 0 Å². The molecule has 2 aromatic rings. The van der Waals surface area contributed by atoms with Crippen molar-refractivity contribution in [2.75, 3.05) is 22.1 Å². The van der Waals surface area contributed by atoms with Gasteiger partial charge in [-0.25, -0.2) is 4.39 Å². The second-order valence-electron chi connectivity index (χ2n) is 6.38. The molecule has 0 fully saturated rings. The molecule has 7 heteroatoms. The largest absolute Gasteiger partial charge is 0.318 e. The predicted octanol–water partition coefficient (Wildman–Crippen LogP) is 2.24. The van der Waals surface area contributed by atoms with Gasteiger partial charge in [-0.3, -0.25) is 14.4 Å². The van der Waals surface area contributed by atoms with Gasteiger partial charge in [0, 0.05) is 17.9 Å². The molecule has 0 unspecified atom stereocenters. The van der Waals surface area contributed by atoms with Crippen molar-refractivity contribution in [3.05, 3.63) is 53.3 Å². The van der Waals surface area contributed by atoms with Crippen molar-refractivity contribution < 1.29 is 18.8 Å². The first-order valence-corrected chi connectivity index (χ1v) is 8.35. The number of benzene rings is 2. The number of hydrogen-bond acceptors (Lipinski definition) is 3. The fraction of sp³-hybridized carbons (Fsp3) is 0.211. The van der Waals surface area contributed by atoms with Crippen molar-refractivity contribution >= 4 is 34.8 Å². The molecule has 0 spiro atoms. The summed E-state index contributed by atoms with van der Waals surface area (Å²) < 4.78 is 12.9. The summed E-state index contributed by atoms with van der Waals surface area (Å²) in [6.45, 7) is 0.727. The van der Waals surface area contributed by atoms with Crippen LogP contribution in [0.4, 0.5) is 21.5 Å². The van der Waals surface area contributed by atoms with E-state index in [4.69, 9.17) is 0 Å². The first kappa shape index (κ1) is 16.3. The van der Waals surface area contributed by atoms with Crippen LogP contribution in [0.2, 0.25) is 0 Å². The third kappa shape index (κ3) is 2.92. The summed E-state index contributed by atoms with van der Waals surface area (Å²) in [6, 6.07) is 8.70. The number of carbonyl (C=O) groups is 3. The van der Waals surface area contributed by atoms with E-state index in [1.807, 2.05) is 6.07 Å². The van der Waals surface area contributed by atoms with Gasteiger partial charge >= 0.3 is 11.8 Å². The number of carbonyl (C=O) groups excluding carboxylic acids is 3. The second kappa shape index (κ2) is 6.25. The van der Waals surface area contributed by atoms with Crippen LogP contribution < -0.4 is 15.5 Å². The Bertz CT molecular complexity index is 924. The minimum atomic E-state index is -0.844. The normalized spacial score (nSPS) is 14.8. The van der Waals surface area contributed by atoms with Crippen LogP contribution >= 0.6 is 0 Å². The first-order valence-electron chi connectivity index (χ1n) is 8.35. The van der Waals surface area contributed by atoms with Crippen molar-refractivity contribution in [2.24, 2.45) is 0 Å². The van der Waals surface area contributed by atoms with Gasteiger partial charge in [0.2, 0.25) is 5.91 Å². The van der Waals surface area contributed by atoms with E-state index in [2.05, 4.69) is 10.6 Å². The highest BCUT2D eigenvalue weighted by atomic mass is 19.1. The molecule has 4 rings (SSSR count). The van der Waals surface area contributed by atoms with Crippen LogP contribution in [-0.2, 0) is 27.2 Å². The highest BCUT2D eigenvalue weighted by Gasteiger charge is 2.32. The second-order valence-corrected chi connectivity index (χ2v) is 6.38. The monoisotopic (exact) mass is 353 g/mol. The quantitative estimate of drug-likeness (QED) is 0.813. The van der Waals surface area contributed by atoms with Crippen LogP contribution in [0.3, 0.4) is 0 Å². The molecule has 2 heterocycles. The Balaban J connectivity index is 1.50. The Morgan fingerprint density at radius 3 is 2.35 bits per heavy atom. The average molecular weight is 353 g/mol. The minimum Gasteiger partial charge on any atom is -0.318 e. The topological polar surface area (TPSA) is 78.5 Å². The molecule has 2 N–H and O–H groups in total. The summed E-state index contributed by atoms with van der Waals surface area (Å²) in [4.78, 5) is 38.0. The molecule has 6 nitrogen and oxygen atoms in total. The maximum Gasteiger partial charge on any atom is 0.314 e. The van der Waals surface area contributed by atoms with Crippen molar-refractivity contribution in [3.8, 4) is 0 Å². The number of anilines is 3. The van der Waals surface area contributed by atoms with Crippen LogP contribution in [0.15, 0.2) is 36.4 Å². The van der Waals surface area contributed by atoms with E-state index in [1.165, 1.54) is 24.3 Å². The zero-order valence-corrected chi connectivity index (χ0v) is 13.8. The Morgan fingerprint density at radius 2 is 1.62 bits per heavy atom. The average Bonchev–Trinajstić information content (AvgIpc) is 2.94. The highest BCUT2D eigenvalue weighted by Crippen LogP contribution is 2.38. The number of nitrogens with one attached hydrogen (secondary N) is 2. The van der Waals surface area contributed by atoms with Crippen LogP contribution in [0.25, 0.3) is 0 Å². The van der Waals surface area contributed by atoms with E-state index in [1.54, 1.807) is 11.0 Å². The van der Waals surface area contributed by atoms with E-state index in [0.29, 0.717) is 17.8 Å². The highest BCUT2D eigenvalue weighted by molar-refractivity contribution is 6.43. The first-order chi connectivity index (χ1) is 12.5. The fourth-order valence-corrected chi connectivity index (χ4v) is 3.46. The lowest BCUT2D eigenvalue weighted by Gasteiger charge is -2.26. The van der Waals surface area contributed by atoms with Gasteiger partial charge in [-0.15, -0.1) is 0 Å². The summed E-state index contributed by atoms with van der Waals surface area (Å²) in [5.41, 5.74) is 3.66.